The van der Waals surface area contributed by atoms with E-state index in [2.05, 4.69) is 17.2 Å². The molecule has 0 aliphatic heterocycles. The first-order valence-corrected chi connectivity index (χ1v) is 3.83. The lowest BCUT2D eigenvalue weighted by Gasteiger charge is -2.08. The lowest BCUT2D eigenvalue weighted by molar-refractivity contribution is -0.120. The van der Waals surface area contributed by atoms with E-state index in [0.29, 0.717) is 6.54 Å². The zero-order valence-corrected chi connectivity index (χ0v) is 7.18. The van der Waals surface area contributed by atoms with Crippen LogP contribution in [-0.2, 0) is 4.79 Å². The molecule has 0 saturated carbocycles. The van der Waals surface area contributed by atoms with E-state index in [1.807, 2.05) is 13.8 Å². The van der Waals surface area contributed by atoms with E-state index in [0.717, 1.165) is 6.54 Å². The minimum Gasteiger partial charge on any atom is -0.349 e. The fraction of sp³-hybridized carbons (Fsp3) is 0.625. The van der Waals surface area contributed by atoms with Crippen LogP contribution in [-0.4, -0.2) is 25.0 Å². The van der Waals surface area contributed by atoms with Crippen molar-refractivity contribution in [1.82, 2.24) is 10.6 Å². The lowest BCUT2D eigenvalue weighted by Crippen LogP contribution is -2.37. The van der Waals surface area contributed by atoms with Gasteiger partial charge in [-0.15, -0.1) is 6.58 Å². The van der Waals surface area contributed by atoms with Crippen LogP contribution in [0.2, 0.25) is 0 Å². The van der Waals surface area contributed by atoms with Crippen molar-refractivity contribution in [1.29, 1.82) is 0 Å². The van der Waals surface area contributed by atoms with Crippen LogP contribution in [0.15, 0.2) is 12.7 Å². The fourth-order valence-electron chi connectivity index (χ4n) is 0.602. The van der Waals surface area contributed by atoms with Gasteiger partial charge in [-0.1, -0.05) is 13.0 Å². The van der Waals surface area contributed by atoms with Gasteiger partial charge in [-0.2, -0.15) is 0 Å². The molecule has 0 aromatic heterocycles. The second-order valence-corrected chi connectivity index (χ2v) is 2.37. The quantitative estimate of drug-likeness (QED) is 0.562. The Labute approximate surface area is 67.9 Å². The highest BCUT2D eigenvalue weighted by Gasteiger charge is 2.01. The molecule has 11 heavy (non-hydrogen) atoms. The Hall–Kier alpha value is -0.830. The van der Waals surface area contributed by atoms with E-state index in [9.17, 15) is 4.79 Å². The van der Waals surface area contributed by atoms with Crippen LogP contribution >= 0.6 is 0 Å². The first-order valence-electron chi connectivity index (χ1n) is 3.83. The van der Waals surface area contributed by atoms with E-state index in [4.69, 9.17) is 0 Å². The van der Waals surface area contributed by atoms with Gasteiger partial charge in [-0.25, -0.2) is 0 Å². The van der Waals surface area contributed by atoms with Gasteiger partial charge in [0.1, 0.15) is 0 Å². The average molecular weight is 156 g/mol. The number of amides is 1. The first kappa shape index (κ1) is 10.2. The van der Waals surface area contributed by atoms with E-state index < -0.39 is 0 Å². The van der Waals surface area contributed by atoms with Gasteiger partial charge in [-0.05, 0) is 13.5 Å². The van der Waals surface area contributed by atoms with Gasteiger partial charge in [-0.3, -0.25) is 4.79 Å². The average Bonchev–Trinajstić information content (AvgIpc) is 2.00. The van der Waals surface area contributed by atoms with E-state index in [1.165, 1.54) is 0 Å². The molecule has 0 radical (unpaired) electrons. The SMILES string of the molecule is C=CC(C)NC(=O)CNCC. The summed E-state index contributed by atoms with van der Waals surface area (Å²) < 4.78 is 0. The minimum atomic E-state index is 0.0132. The molecule has 1 amide bonds. The van der Waals surface area contributed by atoms with Crippen LogP contribution in [0.25, 0.3) is 0 Å². The van der Waals surface area contributed by atoms with Gasteiger partial charge in [0.05, 0.1) is 6.54 Å². The maximum Gasteiger partial charge on any atom is 0.234 e. The summed E-state index contributed by atoms with van der Waals surface area (Å²) in [5.41, 5.74) is 0. The van der Waals surface area contributed by atoms with Crippen LogP contribution in [0.5, 0.6) is 0 Å². The summed E-state index contributed by atoms with van der Waals surface area (Å²) in [5.74, 6) is 0.0132. The largest absolute Gasteiger partial charge is 0.349 e. The number of likely N-dealkylation sites (N-methyl/N-ethyl adjacent to an activating group) is 1. The van der Waals surface area contributed by atoms with Crippen LogP contribution in [0, 0.1) is 0 Å². The number of carbonyl (C=O) groups is 1. The Morgan fingerprint density at radius 1 is 1.73 bits per heavy atom. The highest BCUT2D eigenvalue weighted by atomic mass is 16.1. The molecule has 0 aliphatic carbocycles. The summed E-state index contributed by atoms with van der Waals surface area (Å²) in [5, 5.41) is 5.68. The minimum absolute atomic E-state index is 0.0132. The molecule has 0 heterocycles. The van der Waals surface area contributed by atoms with Crippen molar-refractivity contribution in [3.05, 3.63) is 12.7 Å². The molecule has 0 aromatic rings. The Balaban J connectivity index is 3.43. The Kier molecular flexibility index (Phi) is 5.47. The maximum absolute atomic E-state index is 10.9. The molecule has 0 rings (SSSR count). The number of hydrogen-bond acceptors (Lipinski definition) is 2. The predicted octanol–water partition coefficient (Wildman–Crippen LogP) is 0.287. The van der Waals surface area contributed by atoms with Crippen molar-refractivity contribution in [3.8, 4) is 0 Å². The van der Waals surface area contributed by atoms with Gasteiger partial charge >= 0.3 is 0 Å². The summed E-state index contributed by atoms with van der Waals surface area (Å²) in [7, 11) is 0. The Bertz CT molecular complexity index is 134. The molecule has 0 saturated heterocycles. The third-order valence-corrected chi connectivity index (χ3v) is 1.28. The molecule has 0 aliphatic rings. The molecule has 0 fully saturated rings. The molecule has 0 spiro atoms. The monoisotopic (exact) mass is 156 g/mol. The van der Waals surface area contributed by atoms with Crippen LogP contribution in [0.1, 0.15) is 13.8 Å². The zero-order valence-electron chi connectivity index (χ0n) is 7.18. The van der Waals surface area contributed by atoms with E-state index in [-0.39, 0.29) is 11.9 Å². The van der Waals surface area contributed by atoms with Gasteiger partial charge in [0.2, 0.25) is 5.91 Å². The normalized spacial score (nSPS) is 12.2. The van der Waals surface area contributed by atoms with Crippen molar-refractivity contribution < 1.29 is 4.79 Å². The Morgan fingerprint density at radius 2 is 2.36 bits per heavy atom. The molecule has 1 atom stereocenters. The number of hydrogen-bond donors (Lipinski definition) is 2. The lowest BCUT2D eigenvalue weighted by atomic mass is 10.3. The number of rotatable bonds is 5. The number of nitrogens with one attached hydrogen (secondary N) is 2. The van der Waals surface area contributed by atoms with Gasteiger partial charge < -0.3 is 10.6 Å². The molecule has 64 valence electrons. The first-order chi connectivity index (χ1) is 5.20. The summed E-state index contributed by atoms with van der Waals surface area (Å²) in [6.45, 7) is 8.61. The molecule has 2 N–H and O–H groups in total. The van der Waals surface area contributed by atoms with Gasteiger partial charge in [0, 0.05) is 6.04 Å². The van der Waals surface area contributed by atoms with Gasteiger partial charge in [0.15, 0.2) is 0 Å². The smallest absolute Gasteiger partial charge is 0.234 e. The standard InChI is InChI=1S/C8H16N2O/c1-4-7(3)10-8(11)6-9-5-2/h4,7,9H,1,5-6H2,2-3H3,(H,10,11). The van der Waals surface area contributed by atoms with Crippen molar-refractivity contribution >= 4 is 5.91 Å². The summed E-state index contributed by atoms with van der Waals surface area (Å²) in [4.78, 5) is 10.9. The predicted molar refractivity (Wildman–Crippen MR) is 46.3 cm³/mol. The second-order valence-electron chi connectivity index (χ2n) is 2.37. The van der Waals surface area contributed by atoms with Crippen molar-refractivity contribution in [3.63, 3.8) is 0 Å². The topological polar surface area (TPSA) is 41.1 Å². The van der Waals surface area contributed by atoms with Crippen LogP contribution < -0.4 is 10.6 Å². The molecular weight excluding hydrogens is 140 g/mol. The van der Waals surface area contributed by atoms with Crippen LogP contribution in [0.3, 0.4) is 0 Å². The van der Waals surface area contributed by atoms with E-state index in [1.54, 1.807) is 6.08 Å². The fourth-order valence-corrected chi connectivity index (χ4v) is 0.602. The van der Waals surface area contributed by atoms with Crippen molar-refractivity contribution in [2.24, 2.45) is 0 Å². The number of carbonyl (C=O) groups excluding carboxylic acids is 1. The molecule has 3 heteroatoms. The summed E-state index contributed by atoms with van der Waals surface area (Å²) in [6.07, 6.45) is 1.70. The molecule has 1 unspecified atom stereocenters. The molecule has 0 aromatic carbocycles. The Morgan fingerprint density at radius 3 is 2.82 bits per heavy atom. The van der Waals surface area contributed by atoms with Gasteiger partial charge in [0.25, 0.3) is 0 Å². The highest BCUT2D eigenvalue weighted by Crippen LogP contribution is 1.79. The van der Waals surface area contributed by atoms with Crippen molar-refractivity contribution in [2.45, 2.75) is 19.9 Å². The third-order valence-electron chi connectivity index (χ3n) is 1.28. The maximum atomic E-state index is 10.9. The van der Waals surface area contributed by atoms with Crippen LogP contribution in [0.4, 0.5) is 0 Å². The summed E-state index contributed by atoms with van der Waals surface area (Å²) >= 11 is 0. The highest BCUT2D eigenvalue weighted by molar-refractivity contribution is 5.78. The second kappa shape index (κ2) is 5.92. The summed E-state index contributed by atoms with van der Waals surface area (Å²) in [6, 6.07) is 0.0566. The third kappa shape index (κ3) is 5.61. The molecular formula is C8H16N2O. The molecule has 0 bridgehead atoms. The zero-order chi connectivity index (χ0) is 8.69. The molecule has 3 nitrogen and oxygen atoms in total. The van der Waals surface area contributed by atoms with Crippen molar-refractivity contribution in [2.75, 3.05) is 13.1 Å². The van der Waals surface area contributed by atoms with E-state index >= 15 is 0 Å².